The van der Waals surface area contributed by atoms with Crippen LogP contribution < -0.4 is 11.3 Å². The fourth-order valence-corrected chi connectivity index (χ4v) is 2.20. The molecule has 0 saturated heterocycles. The van der Waals surface area contributed by atoms with Gasteiger partial charge in [-0.2, -0.15) is 0 Å². The topological polar surface area (TPSA) is 56.5 Å². The lowest BCUT2D eigenvalue weighted by molar-refractivity contribution is 0.0658. The summed E-state index contributed by atoms with van der Waals surface area (Å²) in [4.78, 5) is 1.30. The zero-order valence-corrected chi connectivity index (χ0v) is 10.7. The Morgan fingerprint density at radius 1 is 1.44 bits per heavy atom. The zero-order valence-electron chi connectivity index (χ0n) is 9.86. The van der Waals surface area contributed by atoms with Crippen LogP contribution in [0.15, 0.2) is 11.4 Å². The van der Waals surface area contributed by atoms with E-state index in [1.165, 1.54) is 10.4 Å². The average molecular weight is 244 g/mol. The number of hydrogen-bond acceptors (Lipinski definition) is 5. The number of hydrazine groups is 1. The molecule has 5 heteroatoms. The van der Waals surface area contributed by atoms with E-state index in [1.807, 2.05) is 0 Å². The minimum Gasteiger partial charge on any atom is -0.382 e. The van der Waals surface area contributed by atoms with Gasteiger partial charge in [-0.25, -0.2) is 0 Å². The third-order valence-corrected chi connectivity index (χ3v) is 3.22. The monoisotopic (exact) mass is 244 g/mol. The van der Waals surface area contributed by atoms with Crippen molar-refractivity contribution in [1.29, 1.82) is 0 Å². The van der Waals surface area contributed by atoms with E-state index < -0.39 is 0 Å². The average Bonchev–Trinajstić information content (AvgIpc) is 2.70. The van der Waals surface area contributed by atoms with Crippen LogP contribution >= 0.6 is 11.3 Å². The molecule has 0 aromatic carbocycles. The number of methoxy groups -OCH3 is 1. The molecule has 1 heterocycles. The SMILES string of the molecule is COCCOCCC(NN)c1csc(C)c1. The Morgan fingerprint density at radius 2 is 2.25 bits per heavy atom. The second-order valence-electron chi connectivity index (χ2n) is 3.60. The molecule has 0 aliphatic carbocycles. The predicted octanol–water partition coefficient (Wildman–Crippen LogP) is 1.61. The summed E-state index contributed by atoms with van der Waals surface area (Å²) in [5, 5.41) is 2.13. The van der Waals surface area contributed by atoms with Crippen molar-refractivity contribution in [2.45, 2.75) is 19.4 Å². The molecule has 3 N–H and O–H groups in total. The number of rotatable bonds is 8. The number of hydrogen-bond donors (Lipinski definition) is 2. The Hall–Kier alpha value is -0.460. The van der Waals surface area contributed by atoms with Crippen molar-refractivity contribution in [1.82, 2.24) is 5.43 Å². The fraction of sp³-hybridized carbons (Fsp3) is 0.636. The van der Waals surface area contributed by atoms with Gasteiger partial charge >= 0.3 is 0 Å². The minimum atomic E-state index is 0.174. The highest BCUT2D eigenvalue weighted by Gasteiger charge is 2.10. The van der Waals surface area contributed by atoms with Gasteiger partial charge in [0.25, 0.3) is 0 Å². The van der Waals surface area contributed by atoms with E-state index in [2.05, 4.69) is 23.8 Å². The first-order chi connectivity index (χ1) is 7.77. The van der Waals surface area contributed by atoms with Gasteiger partial charge in [0.05, 0.1) is 13.2 Å². The molecule has 1 rings (SSSR count). The summed E-state index contributed by atoms with van der Waals surface area (Å²) < 4.78 is 10.3. The first-order valence-corrected chi connectivity index (χ1v) is 6.23. The number of nitrogens with one attached hydrogen (secondary N) is 1. The second-order valence-corrected chi connectivity index (χ2v) is 4.72. The summed E-state index contributed by atoms with van der Waals surface area (Å²) in [5.74, 6) is 5.53. The van der Waals surface area contributed by atoms with Gasteiger partial charge in [0, 0.05) is 24.6 Å². The molecule has 0 aliphatic rings. The lowest BCUT2D eigenvalue weighted by atomic mass is 10.1. The van der Waals surface area contributed by atoms with Gasteiger partial charge in [-0.3, -0.25) is 11.3 Å². The van der Waals surface area contributed by atoms with Crippen molar-refractivity contribution in [3.8, 4) is 0 Å². The third kappa shape index (κ3) is 4.59. The zero-order chi connectivity index (χ0) is 11.8. The van der Waals surface area contributed by atoms with E-state index in [9.17, 15) is 0 Å². The first kappa shape index (κ1) is 13.6. The van der Waals surface area contributed by atoms with Gasteiger partial charge in [0.2, 0.25) is 0 Å². The van der Waals surface area contributed by atoms with Gasteiger partial charge in [-0.15, -0.1) is 11.3 Å². The summed E-state index contributed by atoms with van der Waals surface area (Å²) in [6, 6.07) is 2.33. The lowest BCUT2D eigenvalue weighted by Crippen LogP contribution is -2.28. The number of aryl methyl sites for hydroxylation is 1. The van der Waals surface area contributed by atoms with Crippen LogP contribution in [-0.2, 0) is 9.47 Å². The number of ether oxygens (including phenoxy) is 2. The normalized spacial score (nSPS) is 12.9. The molecule has 0 amide bonds. The molecular formula is C11H20N2O2S. The first-order valence-electron chi connectivity index (χ1n) is 5.35. The molecule has 16 heavy (non-hydrogen) atoms. The van der Waals surface area contributed by atoms with Crippen LogP contribution in [0.25, 0.3) is 0 Å². The molecule has 1 atom stereocenters. The fourth-order valence-electron chi connectivity index (χ4n) is 1.44. The molecule has 1 aromatic rings. The number of thiophene rings is 1. The highest BCUT2D eigenvalue weighted by atomic mass is 32.1. The Labute approximate surface area is 101 Å². The molecule has 0 aliphatic heterocycles. The van der Waals surface area contributed by atoms with Crippen molar-refractivity contribution in [2.75, 3.05) is 26.9 Å². The van der Waals surface area contributed by atoms with Gasteiger partial charge < -0.3 is 9.47 Å². The lowest BCUT2D eigenvalue weighted by Gasteiger charge is -2.14. The second kappa shape index (κ2) is 7.76. The van der Waals surface area contributed by atoms with Gasteiger partial charge in [-0.05, 0) is 30.4 Å². The van der Waals surface area contributed by atoms with Crippen LogP contribution in [-0.4, -0.2) is 26.9 Å². The maximum absolute atomic E-state index is 5.53. The summed E-state index contributed by atoms with van der Waals surface area (Å²) in [7, 11) is 1.67. The summed E-state index contributed by atoms with van der Waals surface area (Å²) in [6.07, 6.45) is 0.871. The molecule has 1 aromatic heterocycles. The van der Waals surface area contributed by atoms with Crippen LogP contribution in [0.3, 0.4) is 0 Å². The molecule has 0 radical (unpaired) electrons. The van der Waals surface area contributed by atoms with E-state index in [1.54, 1.807) is 18.4 Å². The summed E-state index contributed by atoms with van der Waals surface area (Å²) in [6.45, 7) is 4.05. The van der Waals surface area contributed by atoms with E-state index in [4.69, 9.17) is 15.3 Å². The van der Waals surface area contributed by atoms with Crippen molar-refractivity contribution in [3.05, 3.63) is 21.9 Å². The predicted molar refractivity (Wildman–Crippen MR) is 66.4 cm³/mol. The Morgan fingerprint density at radius 3 is 2.81 bits per heavy atom. The van der Waals surface area contributed by atoms with E-state index in [0.29, 0.717) is 19.8 Å². The van der Waals surface area contributed by atoms with E-state index in [-0.39, 0.29) is 6.04 Å². The van der Waals surface area contributed by atoms with Crippen molar-refractivity contribution in [2.24, 2.45) is 5.84 Å². The molecule has 0 bridgehead atoms. The Kier molecular flexibility index (Phi) is 6.59. The Balaban J connectivity index is 2.27. The van der Waals surface area contributed by atoms with Gasteiger partial charge in [0.1, 0.15) is 0 Å². The van der Waals surface area contributed by atoms with Crippen molar-refractivity contribution in [3.63, 3.8) is 0 Å². The standard InChI is InChI=1S/C11H20N2O2S/c1-9-7-10(8-16-9)11(13-12)3-4-15-6-5-14-2/h7-8,11,13H,3-6,12H2,1-2H3. The van der Waals surface area contributed by atoms with Crippen LogP contribution in [0.4, 0.5) is 0 Å². The highest BCUT2D eigenvalue weighted by molar-refractivity contribution is 7.10. The van der Waals surface area contributed by atoms with Crippen molar-refractivity contribution < 1.29 is 9.47 Å². The molecule has 92 valence electrons. The Bertz CT molecular complexity index is 291. The van der Waals surface area contributed by atoms with Crippen molar-refractivity contribution >= 4 is 11.3 Å². The van der Waals surface area contributed by atoms with Gasteiger partial charge in [-0.1, -0.05) is 0 Å². The highest BCUT2D eigenvalue weighted by Crippen LogP contribution is 2.22. The minimum absolute atomic E-state index is 0.174. The van der Waals surface area contributed by atoms with Gasteiger partial charge in [0.15, 0.2) is 0 Å². The summed E-state index contributed by atoms with van der Waals surface area (Å²) in [5.41, 5.74) is 4.05. The molecule has 0 fully saturated rings. The summed E-state index contributed by atoms with van der Waals surface area (Å²) >= 11 is 1.74. The van der Waals surface area contributed by atoms with E-state index in [0.717, 1.165) is 6.42 Å². The third-order valence-electron chi connectivity index (χ3n) is 2.34. The maximum atomic E-state index is 5.53. The smallest absolute Gasteiger partial charge is 0.0700 e. The van der Waals surface area contributed by atoms with Crippen LogP contribution in [0.2, 0.25) is 0 Å². The quantitative estimate of drug-likeness (QED) is 0.414. The van der Waals surface area contributed by atoms with Crippen LogP contribution in [0, 0.1) is 6.92 Å². The van der Waals surface area contributed by atoms with Crippen LogP contribution in [0.1, 0.15) is 22.9 Å². The van der Waals surface area contributed by atoms with E-state index >= 15 is 0 Å². The molecule has 0 saturated carbocycles. The number of nitrogens with two attached hydrogens (primary N) is 1. The maximum Gasteiger partial charge on any atom is 0.0700 e. The van der Waals surface area contributed by atoms with Crippen LogP contribution in [0.5, 0.6) is 0 Å². The molecule has 1 unspecified atom stereocenters. The largest absolute Gasteiger partial charge is 0.382 e. The molecule has 0 spiro atoms. The molecular weight excluding hydrogens is 224 g/mol. The molecule has 4 nitrogen and oxygen atoms in total.